The summed E-state index contributed by atoms with van der Waals surface area (Å²) in [6, 6.07) is 4.07. The van der Waals surface area contributed by atoms with Crippen LogP contribution in [0.4, 0.5) is 5.82 Å². The van der Waals surface area contributed by atoms with Crippen molar-refractivity contribution in [3.05, 3.63) is 17.8 Å². The molecule has 4 saturated carbocycles. The Kier molecular flexibility index (Phi) is 2.34. The molecule has 0 aromatic carbocycles. The number of hydrazine groups is 1. The van der Waals surface area contributed by atoms with Crippen LogP contribution in [0.5, 0.6) is 0 Å². The van der Waals surface area contributed by atoms with Gasteiger partial charge in [0, 0.05) is 5.92 Å². The lowest BCUT2D eigenvalue weighted by Crippen LogP contribution is -2.44. The number of nitrogens with zero attached hydrogens (tertiary/aromatic N) is 2. The number of anilines is 1. The molecule has 4 fully saturated rings. The molecule has 96 valence electrons. The highest BCUT2D eigenvalue weighted by atomic mass is 15.3. The molecule has 4 nitrogen and oxygen atoms in total. The van der Waals surface area contributed by atoms with Crippen molar-refractivity contribution in [2.24, 2.45) is 29.5 Å². The smallest absolute Gasteiger partial charge is 0.162 e. The summed E-state index contributed by atoms with van der Waals surface area (Å²) in [7, 11) is 0. The van der Waals surface area contributed by atoms with Crippen LogP contribution in [0.2, 0.25) is 0 Å². The number of nitrogens with one attached hydrogen (secondary N) is 1. The Morgan fingerprint density at radius 2 is 1.61 bits per heavy atom. The minimum atomic E-state index is 0.655. The number of hydrogen-bond donors (Lipinski definition) is 2. The predicted molar refractivity (Wildman–Crippen MR) is 69.6 cm³/mol. The minimum absolute atomic E-state index is 0.655. The van der Waals surface area contributed by atoms with Gasteiger partial charge < -0.3 is 5.43 Å². The zero-order valence-electron chi connectivity index (χ0n) is 10.5. The third-order valence-corrected chi connectivity index (χ3v) is 5.40. The summed E-state index contributed by atoms with van der Waals surface area (Å²) >= 11 is 0. The first-order chi connectivity index (χ1) is 8.83. The molecule has 0 radical (unpaired) electrons. The van der Waals surface area contributed by atoms with Gasteiger partial charge >= 0.3 is 0 Å². The van der Waals surface area contributed by atoms with Gasteiger partial charge in [0.05, 0.1) is 5.69 Å². The van der Waals surface area contributed by atoms with Crippen LogP contribution in [0.15, 0.2) is 12.1 Å². The number of nitrogens with two attached hydrogens (primary N) is 1. The summed E-state index contributed by atoms with van der Waals surface area (Å²) in [6.45, 7) is 0. The van der Waals surface area contributed by atoms with Crippen molar-refractivity contribution in [2.45, 2.75) is 38.0 Å². The number of hydrogen-bond acceptors (Lipinski definition) is 4. The van der Waals surface area contributed by atoms with E-state index in [1.165, 1.54) is 37.8 Å². The van der Waals surface area contributed by atoms with Gasteiger partial charge in [-0.1, -0.05) is 0 Å². The van der Waals surface area contributed by atoms with Crippen LogP contribution in [0.3, 0.4) is 0 Å². The van der Waals surface area contributed by atoms with Crippen molar-refractivity contribution < 1.29 is 0 Å². The van der Waals surface area contributed by atoms with Gasteiger partial charge in [-0.2, -0.15) is 5.10 Å². The molecule has 18 heavy (non-hydrogen) atoms. The van der Waals surface area contributed by atoms with Crippen molar-refractivity contribution >= 4 is 5.82 Å². The second kappa shape index (κ2) is 3.92. The topological polar surface area (TPSA) is 63.8 Å². The maximum absolute atomic E-state index is 5.34. The molecule has 0 spiro atoms. The molecule has 3 N–H and O–H groups in total. The fourth-order valence-electron chi connectivity index (χ4n) is 5.01. The molecule has 4 heteroatoms. The van der Waals surface area contributed by atoms with E-state index in [1.54, 1.807) is 0 Å². The standard InChI is InChI=1S/C14H20N4/c15-16-13-2-1-12(17-18-13)14-10-4-8-3-9(6-10)7-11(14)5-8/h1-2,8-11,14H,3-7,15H2,(H,16,18). The van der Waals surface area contributed by atoms with Gasteiger partial charge in [0.15, 0.2) is 5.82 Å². The zero-order valence-corrected chi connectivity index (χ0v) is 10.5. The average molecular weight is 244 g/mol. The van der Waals surface area contributed by atoms with Gasteiger partial charge in [0.1, 0.15) is 0 Å². The Labute approximate surface area is 107 Å². The summed E-state index contributed by atoms with van der Waals surface area (Å²) < 4.78 is 0. The monoisotopic (exact) mass is 244 g/mol. The maximum Gasteiger partial charge on any atom is 0.162 e. The van der Waals surface area contributed by atoms with E-state index in [1.807, 2.05) is 6.07 Å². The lowest BCUT2D eigenvalue weighted by atomic mass is 9.51. The molecule has 1 aromatic rings. The van der Waals surface area contributed by atoms with E-state index in [0.29, 0.717) is 11.7 Å². The van der Waals surface area contributed by atoms with Gasteiger partial charge in [0.25, 0.3) is 0 Å². The summed E-state index contributed by atoms with van der Waals surface area (Å²) in [4.78, 5) is 0. The molecule has 4 bridgehead atoms. The average Bonchev–Trinajstić information content (AvgIpc) is 2.38. The maximum atomic E-state index is 5.34. The van der Waals surface area contributed by atoms with Crippen LogP contribution in [0.25, 0.3) is 0 Å². The molecule has 4 aliphatic carbocycles. The van der Waals surface area contributed by atoms with Crippen molar-refractivity contribution in [3.63, 3.8) is 0 Å². The quantitative estimate of drug-likeness (QED) is 0.619. The fourth-order valence-corrected chi connectivity index (χ4v) is 5.01. The molecule has 0 amide bonds. The van der Waals surface area contributed by atoms with Crippen LogP contribution in [-0.4, -0.2) is 10.2 Å². The van der Waals surface area contributed by atoms with Gasteiger partial charge in [0.2, 0.25) is 0 Å². The van der Waals surface area contributed by atoms with E-state index in [9.17, 15) is 0 Å². The fraction of sp³-hybridized carbons (Fsp3) is 0.714. The summed E-state index contributed by atoms with van der Waals surface area (Å²) in [5, 5.41) is 8.55. The Balaban J connectivity index is 1.63. The molecular formula is C14H20N4. The van der Waals surface area contributed by atoms with Crippen LogP contribution < -0.4 is 11.3 Å². The Bertz CT molecular complexity index is 414. The van der Waals surface area contributed by atoms with Gasteiger partial charge in [-0.05, 0) is 67.9 Å². The second-order valence-electron chi connectivity index (χ2n) is 6.44. The largest absolute Gasteiger partial charge is 0.307 e. The third kappa shape index (κ3) is 1.55. The van der Waals surface area contributed by atoms with E-state index < -0.39 is 0 Å². The Morgan fingerprint density at radius 3 is 2.11 bits per heavy atom. The first-order valence-corrected chi connectivity index (χ1v) is 7.13. The van der Waals surface area contributed by atoms with Gasteiger partial charge in [-0.15, -0.1) is 5.10 Å². The predicted octanol–water partition coefficient (Wildman–Crippen LogP) is 2.30. The first kappa shape index (κ1) is 10.7. The highest BCUT2D eigenvalue weighted by Crippen LogP contribution is 2.59. The third-order valence-electron chi connectivity index (χ3n) is 5.40. The molecule has 0 unspecified atom stereocenters. The van der Waals surface area contributed by atoms with Crippen LogP contribution in [-0.2, 0) is 0 Å². The molecule has 4 aliphatic rings. The van der Waals surface area contributed by atoms with Crippen molar-refractivity contribution in [1.82, 2.24) is 10.2 Å². The molecule has 0 aliphatic heterocycles. The van der Waals surface area contributed by atoms with Crippen molar-refractivity contribution in [3.8, 4) is 0 Å². The summed E-state index contributed by atoms with van der Waals surface area (Å²) in [5.74, 6) is 10.4. The lowest BCUT2D eigenvalue weighted by molar-refractivity contribution is -0.00441. The van der Waals surface area contributed by atoms with E-state index in [-0.39, 0.29) is 0 Å². The SMILES string of the molecule is NNc1ccc(C2C3CC4CC(C3)CC2C4)nn1. The molecule has 1 heterocycles. The van der Waals surface area contributed by atoms with E-state index in [2.05, 4.69) is 21.7 Å². The highest BCUT2D eigenvalue weighted by molar-refractivity contribution is 5.32. The second-order valence-corrected chi connectivity index (χ2v) is 6.44. The van der Waals surface area contributed by atoms with Gasteiger partial charge in [-0.25, -0.2) is 5.84 Å². The number of nitrogen functional groups attached to an aromatic ring is 1. The molecule has 0 saturated heterocycles. The van der Waals surface area contributed by atoms with Crippen LogP contribution in [0.1, 0.15) is 43.7 Å². The number of aromatic nitrogens is 2. The number of rotatable bonds is 2. The van der Waals surface area contributed by atoms with Gasteiger partial charge in [-0.3, -0.25) is 0 Å². The van der Waals surface area contributed by atoms with Crippen molar-refractivity contribution in [1.29, 1.82) is 0 Å². The Hall–Kier alpha value is -1.16. The molecule has 0 atom stereocenters. The van der Waals surface area contributed by atoms with Crippen molar-refractivity contribution in [2.75, 3.05) is 5.43 Å². The summed E-state index contributed by atoms with van der Waals surface area (Å²) in [5.41, 5.74) is 3.75. The van der Waals surface area contributed by atoms with E-state index in [0.717, 1.165) is 23.7 Å². The molecule has 5 rings (SSSR count). The first-order valence-electron chi connectivity index (χ1n) is 7.13. The normalized spacial score (nSPS) is 41.1. The molecule has 1 aromatic heterocycles. The van der Waals surface area contributed by atoms with E-state index >= 15 is 0 Å². The van der Waals surface area contributed by atoms with Crippen LogP contribution >= 0.6 is 0 Å². The minimum Gasteiger partial charge on any atom is -0.307 e. The Morgan fingerprint density at radius 1 is 0.944 bits per heavy atom. The van der Waals surface area contributed by atoms with E-state index in [4.69, 9.17) is 5.84 Å². The summed E-state index contributed by atoms with van der Waals surface area (Å²) in [6.07, 6.45) is 7.21. The van der Waals surface area contributed by atoms with Crippen LogP contribution in [0, 0.1) is 23.7 Å². The molecular weight excluding hydrogens is 224 g/mol. The lowest BCUT2D eigenvalue weighted by Gasteiger charge is -2.54. The highest BCUT2D eigenvalue weighted by Gasteiger charge is 2.49. The zero-order chi connectivity index (χ0) is 12.1.